The van der Waals surface area contributed by atoms with Crippen LogP contribution in [-0.2, 0) is 4.74 Å². The molecule has 4 heteroatoms. The Morgan fingerprint density at radius 1 is 1.20 bits per heavy atom. The molecule has 0 fully saturated rings. The summed E-state index contributed by atoms with van der Waals surface area (Å²) in [4.78, 5) is 2.00. The Labute approximate surface area is 127 Å². The molecule has 0 aliphatic heterocycles. The standard InChI is InChI=1S/C7H14N2.C7H16O.C2H7N/c1-6(7(2)8)5-9(3)4;1-3-4-5-6-7-8-2;1-3-2/h8H,1,5H2,2-4H3;3-7H2,1-2H3;3H,1-2H3. The number of methoxy groups -OCH3 is 1. The average Bonchev–Trinajstić information content (AvgIpc) is 2.35. The van der Waals surface area contributed by atoms with Crippen molar-refractivity contribution in [2.24, 2.45) is 0 Å². The van der Waals surface area contributed by atoms with E-state index in [-0.39, 0.29) is 0 Å². The van der Waals surface area contributed by atoms with Crippen molar-refractivity contribution in [3.8, 4) is 0 Å². The fraction of sp³-hybridized carbons (Fsp3) is 0.812. The van der Waals surface area contributed by atoms with Gasteiger partial charge in [-0.1, -0.05) is 32.8 Å². The number of ether oxygens (including phenoxy) is 1. The zero-order valence-electron chi connectivity index (χ0n) is 14.8. The highest BCUT2D eigenvalue weighted by Crippen LogP contribution is 1.97. The molecule has 0 aromatic carbocycles. The Kier molecular flexibility index (Phi) is 25.1. The van der Waals surface area contributed by atoms with Crippen LogP contribution in [0.15, 0.2) is 12.2 Å². The summed E-state index contributed by atoms with van der Waals surface area (Å²) in [6.07, 6.45) is 5.21. The number of nitrogens with one attached hydrogen (secondary N) is 2. The van der Waals surface area contributed by atoms with Crippen LogP contribution in [0.4, 0.5) is 0 Å². The molecule has 0 unspecified atom stereocenters. The van der Waals surface area contributed by atoms with E-state index in [2.05, 4.69) is 18.8 Å². The molecule has 0 rings (SSSR count). The van der Waals surface area contributed by atoms with Crippen LogP contribution in [0.5, 0.6) is 0 Å². The number of rotatable bonds is 8. The SMILES string of the molecule is C=C(CN(C)C)C(C)=N.CCCCCCOC.CNC. The van der Waals surface area contributed by atoms with Crippen LogP contribution in [0.3, 0.4) is 0 Å². The summed E-state index contributed by atoms with van der Waals surface area (Å²) in [6, 6.07) is 0. The van der Waals surface area contributed by atoms with Crippen molar-refractivity contribution in [2.75, 3.05) is 48.5 Å². The summed E-state index contributed by atoms with van der Waals surface area (Å²) in [5.41, 5.74) is 1.46. The first-order chi connectivity index (χ1) is 9.37. The maximum absolute atomic E-state index is 7.17. The number of hydrogen-bond acceptors (Lipinski definition) is 4. The van der Waals surface area contributed by atoms with Gasteiger partial charge in [-0.05, 0) is 47.1 Å². The van der Waals surface area contributed by atoms with Gasteiger partial charge < -0.3 is 20.4 Å². The average molecular weight is 287 g/mol. The Balaban J connectivity index is -0.000000243. The summed E-state index contributed by atoms with van der Waals surface area (Å²) >= 11 is 0. The predicted octanol–water partition coefficient (Wildman–Crippen LogP) is 3.19. The fourth-order valence-corrected chi connectivity index (χ4v) is 1.17. The zero-order valence-corrected chi connectivity index (χ0v) is 14.8. The van der Waals surface area contributed by atoms with Gasteiger partial charge in [-0.15, -0.1) is 0 Å². The molecule has 0 saturated heterocycles. The molecule has 0 aromatic rings. The summed E-state index contributed by atoms with van der Waals surface area (Å²) in [7, 11) is 9.44. The van der Waals surface area contributed by atoms with Gasteiger partial charge in [0.1, 0.15) is 0 Å². The predicted molar refractivity (Wildman–Crippen MR) is 92.1 cm³/mol. The molecule has 0 heterocycles. The Bertz CT molecular complexity index is 210. The molecule has 0 aliphatic carbocycles. The second-order valence-corrected chi connectivity index (χ2v) is 5.02. The first-order valence-corrected chi connectivity index (χ1v) is 7.32. The van der Waals surface area contributed by atoms with E-state index in [4.69, 9.17) is 10.1 Å². The van der Waals surface area contributed by atoms with Crippen molar-refractivity contribution < 1.29 is 4.74 Å². The highest BCUT2D eigenvalue weighted by Gasteiger charge is 1.96. The maximum atomic E-state index is 7.17. The molecule has 0 spiro atoms. The van der Waals surface area contributed by atoms with Crippen molar-refractivity contribution in [2.45, 2.75) is 39.5 Å². The lowest BCUT2D eigenvalue weighted by atomic mass is 10.2. The summed E-state index contributed by atoms with van der Waals surface area (Å²) < 4.78 is 4.89. The highest BCUT2D eigenvalue weighted by atomic mass is 16.5. The zero-order chi connectivity index (χ0) is 16.4. The van der Waals surface area contributed by atoms with Crippen LogP contribution in [0.25, 0.3) is 0 Å². The van der Waals surface area contributed by atoms with Crippen molar-refractivity contribution in [1.82, 2.24) is 10.2 Å². The molecule has 0 saturated carbocycles. The Morgan fingerprint density at radius 2 is 1.70 bits per heavy atom. The maximum Gasteiger partial charge on any atom is 0.0462 e. The third-order valence-electron chi connectivity index (χ3n) is 2.24. The summed E-state index contributed by atoms with van der Waals surface area (Å²) in [5, 5.41) is 9.92. The molecular weight excluding hydrogens is 250 g/mol. The number of hydrogen-bond donors (Lipinski definition) is 2. The van der Waals surface area contributed by atoms with E-state index in [1.807, 2.05) is 33.1 Å². The fourth-order valence-electron chi connectivity index (χ4n) is 1.17. The van der Waals surface area contributed by atoms with Crippen LogP contribution >= 0.6 is 0 Å². The molecule has 0 radical (unpaired) electrons. The van der Waals surface area contributed by atoms with Gasteiger partial charge in [0.25, 0.3) is 0 Å². The van der Waals surface area contributed by atoms with Gasteiger partial charge in [-0.25, -0.2) is 0 Å². The quantitative estimate of drug-likeness (QED) is 0.532. The largest absolute Gasteiger partial charge is 0.385 e. The van der Waals surface area contributed by atoms with Gasteiger partial charge in [0.15, 0.2) is 0 Å². The molecule has 4 nitrogen and oxygen atoms in total. The van der Waals surface area contributed by atoms with Crippen LogP contribution in [0.1, 0.15) is 39.5 Å². The van der Waals surface area contributed by atoms with Crippen LogP contribution in [0.2, 0.25) is 0 Å². The van der Waals surface area contributed by atoms with E-state index in [1.165, 1.54) is 25.7 Å². The molecule has 2 N–H and O–H groups in total. The normalized spacial score (nSPS) is 9.20. The van der Waals surface area contributed by atoms with Crippen molar-refractivity contribution in [3.63, 3.8) is 0 Å². The summed E-state index contributed by atoms with van der Waals surface area (Å²) in [6.45, 7) is 9.42. The monoisotopic (exact) mass is 287 g/mol. The molecular formula is C16H37N3O. The van der Waals surface area contributed by atoms with E-state index < -0.39 is 0 Å². The molecule has 0 amide bonds. The van der Waals surface area contributed by atoms with E-state index in [9.17, 15) is 0 Å². The van der Waals surface area contributed by atoms with Gasteiger partial charge in [0.05, 0.1) is 0 Å². The minimum Gasteiger partial charge on any atom is -0.385 e. The lowest BCUT2D eigenvalue weighted by Crippen LogP contribution is -2.17. The van der Waals surface area contributed by atoms with Crippen molar-refractivity contribution in [3.05, 3.63) is 12.2 Å². The molecule has 20 heavy (non-hydrogen) atoms. The number of unbranched alkanes of at least 4 members (excludes halogenated alkanes) is 3. The first-order valence-electron chi connectivity index (χ1n) is 7.32. The van der Waals surface area contributed by atoms with Crippen molar-refractivity contribution in [1.29, 1.82) is 5.41 Å². The number of nitrogens with zero attached hydrogens (tertiary/aromatic N) is 1. The van der Waals surface area contributed by atoms with E-state index in [0.29, 0.717) is 5.71 Å². The first kappa shape index (κ1) is 24.3. The third kappa shape index (κ3) is 30.4. The van der Waals surface area contributed by atoms with Gasteiger partial charge >= 0.3 is 0 Å². The minimum absolute atomic E-state index is 0.573. The molecule has 0 atom stereocenters. The van der Waals surface area contributed by atoms with Gasteiger partial charge in [0, 0.05) is 26.0 Å². The van der Waals surface area contributed by atoms with E-state index >= 15 is 0 Å². The number of likely N-dealkylation sites (N-methyl/N-ethyl adjacent to an activating group) is 1. The second-order valence-electron chi connectivity index (χ2n) is 5.02. The molecule has 122 valence electrons. The summed E-state index contributed by atoms with van der Waals surface area (Å²) in [5.74, 6) is 0. The molecule has 0 bridgehead atoms. The highest BCUT2D eigenvalue weighted by molar-refractivity contribution is 5.95. The smallest absolute Gasteiger partial charge is 0.0462 e. The van der Waals surface area contributed by atoms with Crippen molar-refractivity contribution >= 4 is 5.71 Å². The topological polar surface area (TPSA) is 48.4 Å². The Hall–Kier alpha value is -0.710. The van der Waals surface area contributed by atoms with E-state index in [0.717, 1.165) is 18.7 Å². The third-order valence-corrected chi connectivity index (χ3v) is 2.24. The van der Waals surface area contributed by atoms with Crippen LogP contribution in [-0.4, -0.2) is 59.1 Å². The lowest BCUT2D eigenvalue weighted by molar-refractivity contribution is 0.192. The van der Waals surface area contributed by atoms with Crippen LogP contribution in [0, 0.1) is 5.41 Å². The minimum atomic E-state index is 0.573. The van der Waals surface area contributed by atoms with Crippen LogP contribution < -0.4 is 5.32 Å². The van der Waals surface area contributed by atoms with E-state index in [1.54, 1.807) is 14.0 Å². The van der Waals surface area contributed by atoms with Gasteiger partial charge in [0.2, 0.25) is 0 Å². The molecule has 0 aromatic heterocycles. The molecule has 0 aliphatic rings. The lowest BCUT2D eigenvalue weighted by Gasteiger charge is -2.09. The van der Waals surface area contributed by atoms with Gasteiger partial charge in [-0.2, -0.15) is 0 Å². The van der Waals surface area contributed by atoms with Gasteiger partial charge in [-0.3, -0.25) is 0 Å². The Morgan fingerprint density at radius 3 is 1.95 bits per heavy atom. The second kappa shape index (κ2) is 20.6.